The number of aryl methyl sites for hydroxylation is 1. The molecule has 0 amide bonds. The lowest BCUT2D eigenvalue weighted by Gasteiger charge is -2.11. The summed E-state index contributed by atoms with van der Waals surface area (Å²) in [5, 5.41) is 8.72. The number of aliphatic carboxylic acids is 1. The smallest absolute Gasteiger partial charge is 0.320 e. The molecule has 4 nitrogen and oxygen atoms in total. The third-order valence-corrected chi connectivity index (χ3v) is 2.38. The van der Waals surface area contributed by atoms with Gasteiger partial charge in [0.25, 0.3) is 0 Å². The van der Waals surface area contributed by atoms with Crippen LogP contribution < -0.4 is 10.5 Å². The van der Waals surface area contributed by atoms with Gasteiger partial charge in [-0.25, -0.2) is 0 Å². The van der Waals surface area contributed by atoms with Crippen LogP contribution in [-0.2, 0) is 11.2 Å². The maximum absolute atomic E-state index is 10.6. The fraction of sp³-hybridized carbons (Fsp3) is 0.417. The van der Waals surface area contributed by atoms with Crippen LogP contribution in [0.25, 0.3) is 0 Å². The maximum atomic E-state index is 10.6. The van der Waals surface area contributed by atoms with E-state index in [-0.39, 0.29) is 0 Å². The lowest BCUT2D eigenvalue weighted by atomic mass is 10.0. The minimum atomic E-state index is -0.978. The SMILES string of the molecule is CCOc1ccc(CC(N)C(=O)O)c(C)c1. The molecule has 4 heteroatoms. The van der Waals surface area contributed by atoms with E-state index >= 15 is 0 Å². The number of carboxylic acids is 1. The van der Waals surface area contributed by atoms with Crippen LogP contribution in [0.3, 0.4) is 0 Å². The van der Waals surface area contributed by atoms with E-state index in [1.165, 1.54) is 0 Å². The first-order chi connectivity index (χ1) is 7.54. The minimum Gasteiger partial charge on any atom is -0.494 e. The Labute approximate surface area is 95.0 Å². The Balaban J connectivity index is 2.78. The second-order valence-corrected chi connectivity index (χ2v) is 3.67. The van der Waals surface area contributed by atoms with Gasteiger partial charge in [-0.2, -0.15) is 0 Å². The predicted molar refractivity (Wildman–Crippen MR) is 61.7 cm³/mol. The summed E-state index contributed by atoms with van der Waals surface area (Å²) in [6, 6.07) is 4.74. The molecule has 0 aliphatic heterocycles. The molecule has 0 saturated heterocycles. The summed E-state index contributed by atoms with van der Waals surface area (Å²) in [7, 11) is 0. The zero-order valence-corrected chi connectivity index (χ0v) is 9.56. The van der Waals surface area contributed by atoms with Crippen LogP contribution in [0.4, 0.5) is 0 Å². The molecular formula is C12H17NO3. The van der Waals surface area contributed by atoms with Crippen LogP contribution in [0.2, 0.25) is 0 Å². The second-order valence-electron chi connectivity index (χ2n) is 3.67. The number of carboxylic acid groups (broad SMARTS) is 1. The van der Waals surface area contributed by atoms with Crippen LogP contribution >= 0.6 is 0 Å². The average Bonchev–Trinajstić information content (AvgIpc) is 2.22. The molecule has 3 N–H and O–H groups in total. The van der Waals surface area contributed by atoms with Crippen molar-refractivity contribution in [3.63, 3.8) is 0 Å². The third kappa shape index (κ3) is 3.24. The van der Waals surface area contributed by atoms with Gasteiger partial charge in [-0.15, -0.1) is 0 Å². The topological polar surface area (TPSA) is 72.5 Å². The Morgan fingerprint density at radius 2 is 2.25 bits per heavy atom. The number of nitrogens with two attached hydrogens (primary N) is 1. The van der Waals surface area contributed by atoms with Crippen molar-refractivity contribution in [2.45, 2.75) is 26.3 Å². The van der Waals surface area contributed by atoms with Crippen LogP contribution in [0.1, 0.15) is 18.1 Å². The lowest BCUT2D eigenvalue weighted by Crippen LogP contribution is -2.32. The molecule has 1 aromatic rings. The molecule has 0 spiro atoms. The molecule has 1 aromatic carbocycles. The second kappa shape index (κ2) is 5.51. The summed E-state index contributed by atoms with van der Waals surface area (Å²) >= 11 is 0. The summed E-state index contributed by atoms with van der Waals surface area (Å²) in [4.78, 5) is 10.6. The summed E-state index contributed by atoms with van der Waals surface area (Å²) in [6.07, 6.45) is 0.341. The van der Waals surface area contributed by atoms with Gasteiger partial charge in [-0.1, -0.05) is 6.07 Å². The minimum absolute atomic E-state index is 0.341. The Morgan fingerprint density at radius 3 is 2.75 bits per heavy atom. The van der Waals surface area contributed by atoms with Gasteiger partial charge < -0.3 is 15.6 Å². The summed E-state index contributed by atoms with van der Waals surface area (Å²) in [5.41, 5.74) is 7.43. The Morgan fingerprint density at radius 1 is 1.56 bits per heavy atom. The largest absolute Gasteiger partial charge is 0.494 e. The summed E-state index contributed by atoms with van der Waals surface area (Å²) in [5.74, 6) is -0.180. The monoisotopic (exact) mass is 223 g/mol. The number of hydrogen-bond acceptors (Lipinski definition) is 3. The summed E-state index contributed by atoms with van der Waals surface area (Å²) in [6.45, 7) is 4.46. The molecular weight excluding hydrogens is 206 g/mol. The fourth-order valence-electron chi connectivity index (χ4n) is 1.48. The maximum Gasteiger partial charge on any atom is 0.320 e. The van der Waals surface area contributed by atoms with Crippen LogP contribution in [-0.4, -0.2) is 23.7 Å². The van der Waals surface area contributed by atoms with E-state index in [0.717, 1.165) is 16.9 Å². The molecule has 0 fully saturated rings. The number of rotatable bonds is 5. The molecule has 0 aromatic heterocycles. The lowest BCUT2D eigenvalue weighted by molar-refractivity contribution is -0.138. The van der Waals surface area contributed by atoms with Crippen molar-refractivity contribution < 1.29 is 14.6 Å². The third-order valence-electron chi connectivity index (χ3n) is 2.38. The standard InChI is InChI=1S/C12H17NO3/c1-3-16-10-5-4-9(8(2)6-10)7-11(13)12(14)15/h4-6,11H,3,7,13H2,1-2H3,(H,14,15). The molecule has 1 unspecified atom stereocenters. The molecule has 1 atom stereocenters. The van der Waals surface area contributed by atoms with Crippen molar-refractivity contribution in [2.24, 2.45) is 5.73 Å². The number of benzene rings is 1. The van der Waals surface area contributed by atoms with Crippen molar-refractivity contribution in [3.8, 4) is 5.75 Å². The van der Waals surface area contributed by atoms with E-state index in [0.29, 0.717) is 13.0 Å². The normalized spacial score (nSPS) is 12.2. The molecule has 0 aliphatic rings. The van der Waals surface area contributed by atoms with E-state index in [9.17, 15) is 4.79 Å². The highest BCUT2D eigenvalue weighted by Gasteiger charge is 2.13. The zero-order chi connectivity index (χ0) is 12.1. The Hall–Kier alpha value is -1.55. The first-order valence-corrected chi connectivity index (χ1v) is 5.25. The highest BCUT2D eigenvalue weighted by Crippen LogP contribution is 2.18. The van der Waals surface area contributed by atoms with Crippen LogP contribution in [0.15, 0.2) is 18.2 Å². The van der Waals surface area contributed by atoms with E-state index < -0.39 is 12.0 Å². The zero-order valence-electron chi connectivity index (χ0n) is 9.56. The van der Waals surface area contributed by atoms with Gasteiger partial charge in [0.1, 0.15) is 11.8 Å². The molecule has 0 aliphatic carbocycles. The van der Waals surface area contributed by atoms with E-state index in [1.807, 2.05) is 32.0 Å². The van der Waals surface area contributed by atoms with Gasteiger partial charge >= 0.3 is 5.97 Å². The van der Waals surface area contributed by atoms with Gasteiger partial charge in [-0.3, -0.25) is 4.79 Å². The molecule has 16 heavy (non-hydrogen) atoms. The highest BCUT2D eigenvalue weighted by molar-refractivity contribution is 5.73. The molecule has 0 heterocycles. The highest BCUT2D eigenvalue weighted by atomic mass is 16.5. The van der Waals surface area contributed by atoms with Crippen molar-refractivity contribution >= 4 is 5.97 Å². The van der Waals surface area contributed by atoms with Gasteiger partial charge in [-0.05, 0) is 43.5 Å². The molecule has 88 valence electrons. The quantitative estimate of drug-likeness (QED) is 0.790. The first-order valence-electron chi connectivity index (χ1n) is 5.25. The van der Waals surface area contributed by atoms with Crippen molar-refractivity contribution in [1.29, 1.82) is 0 Å². The van der Waals surface area contributed by atoms with Crippen LogP contribution in [0, 0.1) is 6.92 Å². The number of hydrogen-bond donors (Lipinski definition) is 2. The average molecular weight is 223 g/mol. The Bertz CT molecular complexity index is 377. The predicted octanol–water partition coefficient (Wildman–Crippen LogP) is 1.35. The summed E-state index contributed by atoms with van der Waals surface area (Å²) < 4.78 is 5.35. The van der Waals surface area contributed by atoms with E-state index in [4.69, 9.17) is 15.6 Å². The van der Waals surface area contributed by atoms with Gasteiger partial charge in [0.2, 0.25) is 0 Å². The molecule has 1 rings (SSSR count). The van der Waals surface area contributed by atoms with Gasteiger partial charge in [0.15, 0.2) is 0 Å². The number of carbonyl (C=O) groups is 1. The first kappa shape index (κ1) is 12.5. The van der Waals surface area contributed by atoms with Crippen molar-refractivity contribution in [1.82, 2.24) is 0 Å². The van der Waals surface area contributed by atoms with Crippen molar-refractivity contribution in [3.05, 3.63) is 29.3 Å². The molecule has 0 saturated carbocycles. The van der Waals surface area contributed by atoms with Crippen LogP contribution in [0.5, 0.6) is 5.75 Å². The van der Waals surface area contributed by atoms with E-state index in [1.54, 1.807) is 0 Å². The van der Waals surface area contributed by atoms with Crippen molar-refractivity contribution in [2.75, 3.05) is 6.61 Å². The molecule has 0 radical (unpaired) electrons. The van der Waals surface area contributed by atoms with Gasteiger partial charge in [0.05, 0.1) is 6.61 Å². The number of ether oxygens (including phenoxy) is 1. The fourth-order valence-corrected chi connectivity index (χ4v) is 1.48. The van der Waals surface area contributed by atoms with Gasteiger partial charge in [0, 0.05) is 0 Å². The molecule has 0 bridgehead atoms. The Kier molecular flexibility index (Phi) is 4.31. The van der Waals surface area contributed by atoms with E-state index in [2.05, 4.69) is 0 Å².